The van der Waals surface area contributed by atoms with Crippen molar-refractivity contribution in [1.29, 1.82) is 0 Å². The molecular weight excluding hydrogens is 258 g/mol. The molecule has 0 saturated carbocycles. The van der Waals surface area contributed by atoms with Crippen molar-refractivity contribution in [3.8, 4) is 0 Å². The summed E-state index contributed by atoms with van der Waals surface area (Å²) in [7, 11) is 0. The molecule has 0 aliphatic heterocycles. The highest BCUT2D eigenvalue weighted by atomic mass is 19.1. The van der Waals surface area contributed by atoms with Crippen LogP contribution >= 0.6 is 0 Å². The summed E-state index contributed by atoms with van der Waals surface area (Å²) in [5.41, 5.74) is 2.62. The molecule has 20 heavy (non-hydrogen) atoms. The predicted octanol–water partition coefficient (Wildman–Crippen LogP) is 3.68. The molecular formula is C16H18F2N2. The minimum Gasteiger partial charge on any atom is -0.305 e. The predicted molar refractivity (Wildman–Crippen MR) is 75.6 cm³/mol. The normalized spacial score (nSPS) is 12.4. The highest BCUT2D eigenvalue weighted by Crippen LogP contribution is 2.27. The molecule has 2 rings (SSSR count). The lowest BCUT2D eigenvalue weighted by Crippen LogP contribution is -2.26. The smallest absolute Gasteiger partial charge is 0.131 e. The third-order valence-corrected chi connectivity index (χ3v) is 3.23. The Kier molecular flexibility index (Phi) is 4.45. The van der Waals surface area contributed by atoms with Crippen LogP contribution in [0.3, 0.4) is 0 Å². The van der Waals surface area contributed by atoms with Crippen LogP contribution < -0.4 is 5.32 Å². The van der Waals surface area contributed by atoms with Crippen LogP contribution in [0.25, 0.3) is 0 Å². The molecule has 1 N–H and O–H groups in total. The number of rotatable bonds is 4. The van der Waals surface area contributed by atoms with Crippen LogP contribution in [0.2, 0.25) is 0 Å². The summed E-state index contributed by atoms with van der Waals surface area (Å²) in [5.74, 6) is -1.12. The molecule has 106 valence electrons. The molecule has 0 aliphatic carbocycles. The molecule has 2 nitrogen and oxygen atoms in total. The molecule has 1 unspecified atom stereocenters. The first kappa shape index (κ1) is 14.6. The van der Waals surface area contributed by atoms with Gasteiger partial charge in [0.1, 0.15) is 11.6 Å². The fourth-order valence-electron chi connectivity index (χ4n) is 2.35. The third-order valence-electron chi connectivity index (χ3n) is 3.23. The molecule has 1 heterocycles. The monoisotopic (exact) mass is 276 g/mol. The first-order valence-electron chi connectivity index (χ1n) is 6.65. The minimum absolute atomic E-state index is 0.0220. The van der Waals surface area contributed by atoms with Crippen molar-refractivity contribution in [3.63, 3.8) is 0 Å². The lowest BCUT2D eigenvalue weighted by molar-refractivity contribution is 0.504. The molecule has 0 amide bonds. The second kappa shape index (κ2) is 6.09. The van der Waals surface area contributed by atoms with Gasteiger partial charge in [0.2, 0.25) is 0 Å². The Labute approximate surface area is 117 Å². The number of benzene rings is 1. The fraction of sp³-hybridized carbons (Fsp3) is 0.312. The largest absolute Gasteiger partial charge is 0.305 e. The molecule has 1 aromatic carbocycles. The van der Waals surface area contributed by atoms with Gasteiger partial charge in [0.05, 0.1) is 11.7 Å². The van der Waals surface area contributed by atoms with Crippen LogP contribution in [0, 0.1) is 25.5 Å². The maximum Gasteiger partial charge on any atom is 0.131 e. The van der Waals surface area contributed by atoms with Crippen LogP contribution in [-0.4, -0.2) is 11.5 Å². The summed E-state index contributed by atoms with van der Waals surface area (Å²) < 4.78 is 28.0. The molecule has 1 atom stereocenters. The van der Waals surface area contributed by atoms with Gasteiger partial charge in [-0.05, 0) is 43.7 Å². The van der Waals surface area contributed by atoms with Crippen molar-refractivity contribution in [1.82, 2.24) is 10.3 Å². The van der Waals surface area contributed by atoms with Crippen molar-refractivity contribution >= 4 is 0 Å². The van der Waals surface area contributed by atoms with E-state index in [-0.39, 0.29) is 5.56 Å². The number of pyridine rings is 1. The molecule has 0 fully saturated rings. The molecule has 4 heteroatoms. The molecule has 0 saturated heterocycles. The van der Waals surface area contributed by atoms with Crippen molar-refractivity contribution < 1.29 is 8.78 Å². The fourth-order valence-corrected chi connectivity index (χ4v) is 2.35. The molecule has 0 aliphatic rings. The zero-order valence-corrected chi connectivity index (χ0v) is 11.9. The van der Waals surface area contributed by atoms with E-state index in [0.29, 0.717) is 12.2 Å². The van der Waals surface area contributed by atoms with Crippen LogP contribution in [0.4, 0.5) is 8.78 Å². The van der Waals surface area contributed by atoms with Gasteiger partial charge in [-0.3, -0.25) is 4.98 Å². The number of nitrogens with one attached hydrogen (secondary N) is 1. The number of hydrogen-bond acceptors (Lipinski definition) is 2. The van der Waals surface area contributed by atoms with Gasteiger partial charge in [-0.2, -0.15) is 0 Å². The van der Waals surface area contributed by atoms with Gasteiger partial charge in [-0.25, -0.2) is 8.78 Å². The van der Waals surface area contributed by atoms with Gasteiger partial charge in [-0.1, -0.05) is 19.1 Å². The zero-order valence-electron chi connectivity index (χ0n) is 11.9. The summed E-state index contributed by atoms with van der Waals surface area (Å²) in [6.45, 7) is 6.33. The average Bonchev–Trinajstić information content (AvgIpc) is 2.38. The maximum atomic E-state index is 14.0. The van der Waals surface area contributed by atoms with E-state index >= 15 is 0 Å². The van der Waals surface area contributed by atoms with Gasteiger partial charge in [0, 0.05) is 11.8 Å². The van der Waals surface area contributed by atoms with Gasteiger partial charge >= 0.3 is 0 Å². The Hall–Kier alpha value is -1.81. The lowest BCUT2D eigenvalue weighted by atomic mass is 9.98. The molecule has 0 radical (unpaired) electrons. The van der Waals surface area contributed by atoms with E-state index in [0.717, 1.165) is 11.1 Å². The molecule has 2 aromatic rings. The maximum absolute atomic E-state index is 14.0. The molecule has 1 aromatic heterocycles. The van der Waals surface area contributed by atoms with Crippen molar-refractivity contribution in [2.24, 2.45) is 0 Å². The van der Waals surface area contributed by atoms with Gasteiger partial charge in [0.25, 0.3) is 0 Å². The van der Waals surface area contributed by atoms with E-state index in [1.54, 1.807) is 6.20 Å². The third kappa shape index (κ3) is 2.85. The number of halogens is 2. The van der Waals surface area contributed by atoms with Gasteiger partial charge in [0.15, 0.2) is 0 Å². The Morgan fingerprint density at radius 3 is 2.40 bits per heavy atom. The van der Waals surface area contributed by atoms with E-state index in [1.165, 1.54) is 18.2 Å². The number of hydrogen-bond donors (Lipinski definition) is 1. The SMILES string of the molecule is CCNC(c1ncc(C)cc1C)c1c(F)cccc1F. The van der Waals surface area contributed by atoms with Crippen LogP contribution in [0.1, 0.15) is 35.3 Å². The Morgan fingerprint density at radius 2 is 1.85 bits per heavy atom. The second-order valence-corrected chi connectivity index (χ2v) is 4.84. The Balaban J connectivity index is 2.56. The first-order valence-corrected chi connectivity index (χ1v) is 6.65. The minimum atomic E-state index is -0.582. The highest BCUT2D eigenvalue weighted by molar-refractivity contribution is 5.35. The second-order valence-electron chi connectivity index (χ2n) is 4.84. The van der Waals surface area contributed by atoms with E-state index in [4.69, 9.17) is 0 Å². The van der Waals surface area contributed by atoms with Crippen molar-refractivity contribution in [2.45, 2.75) is 26.8 Å². The van der Waals surface area contributed by atoms with E-state index in [1.807, 2.05) is 26.8 Å². The number of aromatic nitrogens is 1. The topological polar surface area (TPSA) is 24.9 Å². The number of nitrogens with zero attached hydrogens (tertiary/aromatic N) is 1. The quantitative estimate of drug-likeness (QED) is 0.921. The summed E-state index contributed by atoms with van der Waals surface area (Å²) in [6, 6.07) is 5.29. The zero-order chi connectivity index (χ0) is 14.7. The molecule has 0 bridgehead atoms. The highest BCUT2D eigenvalue weighted by Gasteiger charge is 2.23. The Bertz CT molecular complexity index is 591. The summed E-state index contributed by atoms with van der Waals surface area (Å²) >= 11 is 0. The first-order chi connectivity index (χ1) is 9.54. The van der Waals surface area contributed by atoms with E-state index < -0.39 is 17.7 Å². The summed E-state index contributed by atoms with van der Waals surface area (Å²) in [4.78, 5) is 4.36. The van der Waals surface area contributed by atoms with E-state index in [2.05, 4.69) is 10.3 Å². The molecule has 0 spiro atoms. The van der Waals surface area contributed by atoms with Crippen molar-refractivity contribution in [2.75, 3.05) is 6.54 Å². The Morgan fingerprint density at radius 1 is 1.20 bits per heavy atom. The van der Waals surface area contributed by atoms with Gasteiger partial charge in [-0.15, -0.1) is 0 Å². The lowest BCUT2D eigenvalue weighted by Gasteiger charge is -2.21. The average molecular weight is 276 g/mol. The summed E-state index contributed by atoms with van der Waals surface area (Å²) in [5, 5.41) is 3.11. The van der Waals surface area contributed by atoms with E-state index in [9.17, 15) is 8.78 Å². The van der Waals surface area contributed by atoms with Crippen LogP contribution in [0.5, 0.6) is 0 Å². The number of aryl methyl sites for hydroxylation is 2. The van der Waals surface area contributed by atoms with Gasteiger partial charge < -0.3 is 5.32 Å². The standard InChI is InChI=1S/C16H18F2N2/c1-4-19-16(14-12(17)6-5-7-13(14)18)15-11(3)8-10(2)9-20-15/h5-9,16,19H,4H2,1-3H3. The van der Waals surface area contributed by atoms with Crippen molar-refractivity contribution in [3.05, 3.63) is 64.5 Å². The summed E-state index contributed by atoms with van der Waals surface area (Å²) in [6.07, 6.45) is 1.71. The van der Waals surface area contributed by atoms with Crippen LogP contribution in [0.15, 0.2) is 30.5 Å². The van der Waals surface area contributed by atoms with Crippen LogP contribution in [-0.2, 0) is 0 Å².